The van der Waals surface area contributed by atoms with Gasteiger partial charge in [-0.05, 0) is 51.2 Å². The van der Waals surface area contributed by atoms with Crippen LogP contribution < -0.4 is 10.6 Å². The molecule has 0 aromatic heterocycles. The van der Waals surface area contributed by atoms with Gasteiger partial charge >= 0.3 is 0 Å². The van der Waals surface area contributed by atoms with Crippen LogP contribution in [0.3, 0.4) is 0 Å². The zero-order chi connectivity index (χ0) is 9.86. The summed E-state index contributed by atoms with van der Waals surface area (Å²) in [4.78, 5) is 0. The van der Waals surface area contributed by atoms with Crippen LogP contribution in [0.15, 0.2) is 0 Å². The highest BCUT2D eigenvalue weighted by atomic mass is 16.3. The first-order valence-corrected chi connectivity index (χ1v) is 5.94. The van der Waals surface area contributed by atoms with Crippen LogP contribution in [0.2, 0.25) is 0 Å². The number of hydrogen-bond acceptors (Lipinski definition) is 3. The van der Waals surface area contributed by atoms with Gasteiger partial charge in [-0.1, -0.05) is 6.42 Å². The molecule has 3 N–H and O–H groups in total. The summed E-state index contributed by atoms with van der Waals surface area (Å²) in [5.41, 5.74) is 0.0559. The van der Waals surface area contributed by atoms with Crippen molar-refractivity contribution in [2.24, 2.45) is 5.92 Å². The molecule has 3 nitrogen and oxygen atoms in total. The second-order valence-electron chi connectivity index (χ2n) is 4.72. The fraction of sp³-hybridized carbons (Fsp3) is 1.00. The topological polar surface area (TPSA) is 44.3 Å². The van der Waals surface area contributed by atoms with Crippen molar-refractivity contribution in [3.63, 3.8) is 0 Å². The fourth-order valence-electron chi connectivity index (χ4n) is 2.98. The number of aliphatic hydroxyl groups is 1. The van der Waals surface area contributed by atoms with Gasteiger partial charge in [0.15, 0.2) is 0 Å². The molecule has 14 heavy (non-hydrogen) atoms. The van der Waals surface area contributed by atoms with E-state index in [-0.39, 0.29) is 5.54 Å². The van der Waals surface area contributed by atoms with Gasteiger partial charge in [0.05, 0.1) is 6.61 Å². The predicted octanol–water partition coefficient (Wildman–Crippen LogP) is 0.491. The molecule has 0 bridgehead atoms. The van der Waals surface area contributed by atoms with Gasteiger partial charge in [-0.25, -0.2) is 0 Å². The molecule has 0 amide bonds. The second kappa shape index (κ2) is 4.60. The number of rotatable bonds is 2. The molecule has 0 aliphatic carbocycles. The van der Waals surface area contributed by atoms with E-state index in [0.717, 1.165) is 26.1 Å². The predicted molar refractivity (Wildman–Crippen MR) is 57.3 cm³/mol. The van der Waals surface area contributed by atoms with Gasteiger partial charge in [0.25, 0.3) is 0 Å². The molecule has 0 saturated carbocycles. The van der Waals surface area contributed by atoms with Crippen molar-refractivity contribution in [3.8, 4) is 0 Å². The molecule has 2 rings (SSSR count). The van der Waals surface area contributed by atoms with Crippen molar-refractivity contribution >= 4 is 0 Å². The standard InChI is InChI=1S/C11H22N2O/c14-9-11(5-1-2-6-13-11)10-3-7-12-8-4-10/h10,12-14H,1-9H2. The first-order chi connectivity index (χ1) is 6.87. The van der Waals surface area contributed by atoms with Crippen LogP contribution in [0.25, 0.3) is 0 Å². The van der Waals surface area contributed by atoms with E-state index in [9.17, 15) is 5.11 Å². The Kier molecular flexibility index (Phi) is 3.42. The minimum absolute atomic E-state index is 0.0559. The Balaban J connectivity index is 2.01. The van der Waals surface area contributed by atoms with E-state index in [1.165, 1.54) is 25.7 Å². The molecule has 2 aliphatic heterocycles. The first-order valence-electron chi connectivity index (χ1n) is 5.94. The lowest BCUT2D eigenvalue weighted by Gasteiger charge is -2.45. The van der Waals surface area contributed by atoms with Crippen molar-refractivity contribution in [2.45, 2.75) is 37.6 Å². The molecule has 2 aliphatic rings. The average Bonchev–Trinajstić information content (AvgIpc) is 2.31. The molecular formula is C11H22N2O. The van der Waals surface area contributed by atoms with Gasteiger partial charge in [0.1, 0.15) is 0 Å². The molecule has 0 aromatic carbocycles. The van der Waals surface area contributed by atoms with E-state index < -0.39 is 0 Å². The third-order valence-corrected chi connectivity index (χ3v) is 3.93. The smallest absolute Gasteiger partial charge is 0.0616 e. The summed E-state index contributed by atoms with van der Waals surface area (Å²) in [7, 11) is 0. The Hall–Kier alpha value is -0.120. The quantitative estimate of drug-likeness (QED) is 0.605. The van der Waals surface area contributed by atoms with Crippen LogP contribution in [0.4, 0.5) is 0 Å². The van der Waals surface area contributed by atoms with Crippen LogP contribution in [0.1, 0.15) is 32.1 Å². The lowest BCUT2D eigenvalue weighted by atomic mass is 9.74. The van der Waals surface area contributed by atoms with Crippen LogP contribution in [-0.2, 0) is 0 Å². The van der Waals surface area contributed by atoms with Gasteiger partial charge in [-0.3, -0.25) is 0 Å². The van der Waals surface area contributed by atoms with Gasteiger partial charge in [-0.2, -0.15) is 0 Å². The van der Waals surface area contributed by atoms with Crippen LogP contribution in [0.5, 0.6) is 0 Å². The fourth-order valence-corrected chi connectivity index (χ4v) is 2.98. The monoisotopic (exact) mass is 198 g/mol. The van der Waals surface area contributed by atoms with Crippen molar-refractivity contribution < 1.29 is 5.11 Å². The Morgan fingerprint density at radius 2 is 1.93 bits per heavy atom. The zero-order valence-electron chi connectivity index (χ0n) is 8.89. The van der Waals surface area contributed by atoms with Gasteiger partial charge in [-0.15, -0.1) is 0 Å². The van der Waals surface area contributed by atoms with Crippen molar-refractivity contribution in [2.75, 3.05) is 26.2 Å². The minimum Gasteiger partial charge on any atom is -0.394 e. The Bertz CT molecular complexity index is 172. The van der Waals surface area contributed by atoms with E-state index in [4.69, 9.17) is 0 Å². The molecule has 0 spiro atoms. The number of piperidine rings is 2. The Morgan fingerprint density at radius 1 is 1.14 bits per heavy atom. The molecule has 3 heteroatoms. The average molecular weight is 198 g/mol. The summed E-state index contributed by atoms with van der Waals surface area (Å²) in [5, 5.41) is 16.6. The van der Waals surface area contributed by atoms with Crippen LogP contribution in [-0.4, -0.2) is 36.9 Å². The molecule has 1 atom stereocenters. The van der Waals surface area contributed by atoms with E-state index in [1.54, 1.807) is 0 Å². The van der Waals surface area contributed by atoms with E-state index in [1.807, 2.05) is 0 Å². The third kappa shape index (κ3) is 1.95. The Labute approximate surface area is 86.3 Å². The first kappa shape index (κ1) is 10.4. The highest BCUT2D eigenvalue weighted by molar-refractivity contribution is 4.97. The summed E-state index contributed by atoms with van der Waals surface area (Å²) in [6, 6.07) is 0. The van der Waals surface area contributed by atoms with Crippen molar-refractivity contribution in [1.29, 1.82) is 0 Å². The summed E-state index contributed by atoms with van der Waals surface area (Å²) >= 11 is 0. The molecule has 1 unspecified atom stereocenters. The highest BCUT2D eigenvalue weighted by Gasteiger charge is 2.39. The van der Waals surface area contributed by atoms with Crippen molar-refractivity contribution in [3.05, 3.63) is 0 Å². The second-order valence-corrected chi connectivity index (χ2v) is 4.72. The van der Waals surface area contributed by atoms with Gasteiger partial charge in [0.2, 0.25) is 0 Å². The Morgan fingerprint density at radius 3 is 2.50 bits per heavy atom. The van der Waals surface area contributed by atoms with Crippen LogP contribution >= 0.6 is 0 Å². The number of aliphatic hydroxyl groups excluding tert-OH is 1. The molecular weight excluding hydrogens is 176 g/mol. The SMILES string of the molecule is OCC1(C2CCNCC2)CCCCN1. The summed E-state index contributed by atoms with van der Waals surface area (Å²) in [6.45, 7) is 3.64. The van der Waals surface area contributed by atoms with Crippen LogP contribution in [0, 0.1) is 5.92 Å². The van der Waals surface area contributed by atoms with Crippen molar-refractivity contribution in [1.82, 2.24) is 10.6 Å². The van der Waals surface area contributed by atoms with Gasteiger partial charge in [0, 0.05) is 5.54 Å². The zero-order valence-corrected chi connectivity index (χ0v) is 8.89. The molecule has 2 fully saturated rings. The maximum atomic E-state index is 9.61. The lowest BCUT2D eigenvalue weighted by molar-refractivity contribution is 0.0614. The molecule has 0 radical (unpaired) electrons. The number of hydrogen-bond donors (Lipinski definition) is 3. The number of nitrogens with one attached hydrogen (secondary N) is 2. The minimum atomic E-state index is 0.0559. The lowest BCUT2D eigenvalue weighted by Crippen LogP contribution is -2.58. The summed E-state index contributed by atoms with van der Waals surface area (Å²) in [6.07, 6.45) is 6.14. The highest BCUT2D eigenvalue weighted by Crippen LogP contribution is 2.32. The maximum absolute atomic E-state index is 9.61. The summed E-state index contributed by atoms with van der Waals surface area (Å²) < 4.78 is 0. The third-order valence-electron chi connectivity index (χ3n) is 3.93. The van der Waals surface area contributed by atoms with Gasteiger partial charge < -0.3 is 15.7 Å². The molecule has 82 valence electrons. The molecule has 0 aromatic rings. The normalized spacial score (nSPS) is 35.8. The largest absolute Gasteiger partial charge is 0.394 e. The molecule has 2 heterocycles. The van der Waals surface area contributed by atoms with E-state index in [0.29, 0.717) is 12.5 Å². The summed E-state index contributed by atoms with van der Waals surface area (Å²) in [5.74, 6) is 0.675. The molecule has 2 saturated heterocycles. The van der Waals surface area contributed by atoms with E-state index >= 15 is 0 Å². The van der Waals surface area contributed by atoms with E-state index in [2.05, 4.69) is 10.6 Å². The maximum Gasteiger partial charge on any atom is 0.0616 e.